The van der Waals surface area contributed by atoms with E-state index in [1.54, 1.807) is 0 Å². The lowest BCUT2D eigenvalue weighted by Crippen LogP contribution is -2.54. The van der Waals surface area contributed by atoms with Crippen molar-refractivity contribution in [3.8, 4) is 5.75 Å². The molecule has 4 amide bonds. The van der Waals surface area contributed by atoms with Crippen LogP contribution in [0.15, 0.2) is 6.07 Å². The summed E-state index contributed by atoms with van der Waals surface area (Å²) in [5, 5.41) is 5.45. The highest BCUT2D eigenvalue weighted by Crippen LogP contribution is 2.44. The predicted molar refractivity (Wildman–Crippen MR) is 147 cm³/mol. The van der Waals surface area contributed by atoms with Gasteiger partial charge >= 0.3 is 12.1 Å². The fraction of sp³-hybridized carbons (Fsp3) is 0.633. The fourth-order valence-electron chi connectivity index (χ4n) is 7.25. The van der Waals surface area contributed by atoms with Crippen LogP contribution in [0.2, 0.25) is 0 Å². The molecule has 14 heteroatoms. The van der Waals surface area contributed by atoms with Crippen LogP contribution in [-0.2, 0) is 19.1 Å². The minimum atomic E-state index is -5.27. The quantitative estimate of drug-likeness (QED) is 0.279. The van der Waals surface area contributed by atoms with Crippen LogP contribution in [0.4, 0.5) is 13.2 Å². The summed E-state index contributed by atoms with van der Waals surface area (Å²) in [5.74, 6) is -6.15. The first-order chi connectivity index (χ1) is 20.9. The number of piperidine rings is 3. The molecule has 3 saturated heterocycles. The maximum atomic E-state index is 13.6. The number of amides is 4. The molecule has 44 heavy (non-hydrogen) atoms. The second kappa shape index (κ2) is 11.9. The van der Waals surface area contributed by atoms with Crippen molar-refractivity contribution in [1.82, 2.24) is 20.4 Å². The lowest BCUT2D eigenvalue weighted by molar-refractivity contribution is -0.189. The van der Waals surface area contributed by atoms with Crippen LogP contribution in [0, 0.1) is 6.92 Å². The van der Waals surface area contributed by atoms with Crippen LogP contribution in [0.25, 0.3) is 0 Å². The second-order valence-corrected chi connectivity index (χ2v) is 12.3. The van der Waals surface area contributed by atoms with Gasteiger partial charge in [0.25, 0.3) is 11.8 Å². The topological polar surface area (TPSA) is 134 Å². The van der Waals surface area contributed by atoms with Gasteiger partial charge in [0.2, 0.25) is 11.8 Å². The molecule has 238 valence electrons. The SMILES string of the molecule is Cc1c2c(cc(OC(=O)C(F)(F)F)c1C1CCN(C3CC(OC4CCNCC4)C3)CC1)C(=O)N(C1CCC(=O)NC1=O)C2=O. The summed E-state index contributed by atoms with van der Waals surface area (Å²) in [6, 6.07) is 0.138. The molecule has 0 aromatic heterocycles. The molecule has 4 aliphatic heterocycles. The van der Waals surface area contributed by atoms with E-state index in [0.717, 1.165) is 49.7 Å². The van der Waals surface area contributed by atoms with Gasteiger partial charge in [-0.2, -0.15) is 13.2 Å². The fourth-order valence-corrected chi connectivity index (χ4v) is 7.25. The van der Waals surface area contributed by atoms with Gasteiger partial charge in [-0.3, -0.25) is 29.4 Å². The number of carbonyl (C=O) groups is 5. The van der Waals surface area contributed by atoms with E-state index in [-0.39, 0.29) is 53.2 Å². The first kappa shape index (κ1) is 30.7. The average molecular weight is 621 g/mol. The third kappa shape index (κ3) is 5.74. The van der Waals surface area contributed by atoms with Crippen molar-refractivity contribution < 1.29 is 46.6 Å². The van der Waals surface area contributed by atoms with Crippen molar-refractivity contribution in [3.63, 3.8) is 0 Å². The van der Waals surface area contributed by atoms with Gasteiger partial charge < -0.3 is 19.7 Å². The number of nitrogens with zero attached hydrogens (tertiary/aromatic N) is 2. The van der Waals surface area contributed by atoms with Gasteiger partial charge in [-0.1, -0.05) is 0 Å². The van der Waals surface area contributed by atoms with E-state index < -0.39 is 47.6 Å². The number of halogens is 3. The van der Waals surface area contributed by atoms with E-state index in [4.69, 9.17) is 9.47 Å². The lowest BCUT2D eigenvalue weighted by atomic mass is 9.81. The number of benzene rings is 1. The van der Waals surface area contributed by atoms with Crippen molar-refractivity contribution in [1.29, 1.82) is 0 Å². The number of rotatable bonds is 6. The number of hydrogen-bond donors (Lipinski definition) is 2. The molecule has 1 aromatic rings. The normalized spacial score (nSPS) is 27.3. The molecule has 5 aliphatic rings. The Labute approximate surface area is 251 Å². The zero-order valence-electron chi connectivity index (χ0n) is 24.3. The lowest BCUT2D eigenvalue weighted by Gasteiger charge is -2.46. The largest absolute Gasteiger partial charge is 0.491 e. The summed E-state index contributed by atoms with van der Waals surface area (Å²) in [4.78, 5) is 66.1. The van der Waals surface area contributed by atoms with Gasteiger partial charge in [0.1, 0.15) is 11.8 Å². The van der Waals surface area contributed by atoms with E-state index >= 15 is 0 Å². The van der Waals surface area contributed by atoms with Crippen molar-refractivity contribution in [2.75, 3.05) is 26.2 Å². The maximum absolute atomic E-state index is 13.6. The number of imide groups is 2. The highest BCUT2D eigenvalue weighted by atomic mass is 19.4. The Bertz CT molecular complexity index is 1380. The minimum absolute atomic E-state index is 0.0270. The van der Waals surface area contributed by atoms with E-state index in [0.29, 0.717) is 32.0 Å². The van der Waals surface area contributed by atoms with Crippen LogP contribution in [0.1, 0.15) is 89.1 Å². The first-order valence-corrected chi connectivity index (χ1v) is 15.2. The minimum Gasteiger partial charge on any atom is -0.420 e. The number of ether oxygens (including phenoxy) is 2. The first-order valence-electron chi connectivity index (χ1n) is 15.2. The number of esters is 1. The van der Waals surface area contributed by atoms with Gasteiger partial charge in [0, 0.05) is 18.0 Å². The Kier molecular flexibility index (Phi) is 8.26. The number of fused-ring (bicyclic) bond motifs is 1. The van der Waals surface area contributed by atoms with E-state index in [1.807, 2.05) is 0 Å². The Hall–Kier alpha value is -3.36. The third-order valence-corrected chi connectivity index (χ3v) is 9.62. The molecule has 6 rings (SSSR count). The van der Waals surface area contributed by atoms with Gasteiger partial charge in [0.15, 0.2) is 0 Å². The van der Waals surface area contributed by atoms with Crippen LogP contribution in [0.5, 0.6) is 5.75 Å². The number of carbonyl (C=O) groups excluding carboxylic acids is 5. The Morgan fingerprint density at radius 2 is 1.64 bits per heavy atom. The molecule has 1 saturated carbocycles. The van der Waals surface area contributed by atoms with Gasteiger partial charge in [-0.15, -0.1) is 0 Å². The Morgan fingerprint density at radius 1 is 0.955 bits per heavy atom. The number of likely N-dealkylation sites (tertiary alicyclic amines) is 1. The van der Waals surface area contributed by atoms with Crippen molar-refractivity contribution in [2.24, 2.45) is 0 Å². The number of hydrogen-bond acceptors (Lipinski definition) is 9. The van der Waals surface area contributed by atoms with Crippen molar-refractivity contribution in [3.05, 3.63) is 28.3 Å². The molecular weight excluding hydrogens is 585 g/mol. The maximum Gasteiger partial charge on any atom is 0.491 e. The molecule has 0 spiro atoms. The molecule has 1 atom stereocenters. The molecule has 1 aliphatic carbocycles. The molecule has 4 fully saturated rings. The van der Waals surface area contributed by atoms with Gasteiger partial charge in [-0.05, 0) is 95.6 Å². The summed E-state index contributed by atoms with van der Waals surface area (Å²) in [5.41, 5.74) is 0.268. The van der Waals surface area contributed by atoms with Crippen LogP contribution >= 0.6 is 0 Å². The molecule has 11 nitrogen and oxygen atoms in total. The Balaban J connectivity index is 1.21. The number of alkyl halides is 3. The molecule has 1 aromatic carbocycles. The van der Waals surface area contributed by atoms with Gasteiger partial charge in [-0.25, -0.2) is 4.79 Å². The zero-order chi connectivity index (χ0) is 31.3. The third-order valence-electron chi connectivity index (χ3n) is 9.62. The molecule has 0 radical (unpaired) electrons. The van der Waals surface area contributed by atoms with Crippen molar-refractivity contribution in [2.45, 2.75) is 94.7 Å². The number of nitrogens with one attached hydrogen (secondary N) is 2. The summed E-state index contributed by atoms with van der Waals surface area (Å²) in [7, 11) is 0. The molecule has 0 bridgehead atoms. The van der Waals surface area contributed by atoms with E-state index in [1.165, 1.54) is 6.92 Å². The second-order valence-electron chi connectivity index (χ2n) is 12.3. The summed E-state index contributed by atoms with van der Waals surface area (Å²) in [6.45, 7) is 4.78. The standard InChI is InChI=1S/C30H35F3N4O7/c1-15-24(16-6-10-36(11-7-16)17-12-19(13-17)43-18-4-8-34-9-5-18)22(44-29(42)30(31,32)33)14-20-25(15)28(41)37(27(20)40)21-2-3-23(38)35-26(21)39/h14,16-19,21,34H,2-13H2,1H3,(H,35,38,39). The van der Waals surface area contributed by atoms with E-state index in [2.05, 4.69) is 15.5 Å². The smallest absolute Gasteiger partial charge is 0.420 e. The molecule has 1 unspecified atom stereocenters. The zero-order valence-corrected chi connectivity index (χ0v) is 24.3. The molecule has 2 N–H and O–H groups in total. The van der Waals surface area contributed by atoms with Crippen molar-refractivity contribution >= 4 is 29.6 Å². The summed E-state index contributed by atoms with van der Waals surface area (Å²) in [6.07, 6.45) is 0.0503. The highest BCUT2D eigenvalue weighted by molar-refractivity contribution is 6.24. The predicted octanol–water partition coefficient (Wildman–Crippen LogP) is 2.34. The average Bonchev–Trinajstić information content (AvgIpc) is 3.20. The van der Waals surface area contributed by atoms with Crippen LogP contribution < -0.4 is 15.4 Å². The summed E-state index contributed by atoms with van der Waals surface area (Å²) >= 11 is 0. The Morgan fingerprint density at radius 3 is 2.27 bits per heavy atom. The van der Waals surface area contributed by atoms with Crippen LogP contribution in [0.3, 0.4) is 0 Å². The van der Waals surface area contributed by atoms with Gasteiger partial charge in [0.05, 0.1) is 23.3 Å². The summed E-state index contributed by atoms with van der Waals surface area (Å²) < 4.78 is 50.9. The molecular formula is C30H35F3N4O7. The van der Waals surface area contributed by atoms with E-state index in [9.17, 15) is 37.1 Å². The molecule has 4 heterocycles. The van der Waals surface area contributed by atoms with Crippen LogP contribution in [-0.4, -0.2) is 96.0 Å². The highest BCUT2D eigenvalue weighted by Gasteiger charge is 2.48. The monoisotopic (exact) mass is 620 g/mol.